The van der Waals surface area contributed by atoms with Gasteiger partial charge >= 0.3 is 6.18 Å². The zero-order valence-corrected chi connectivity index (χ0v) is 10.8. The number of benzene rings is 1. The molecule has 1 unspecified atom stereocenters. The second-order valence-electron chi connectivity index (χ2n) is 4.56. The molecule has 0 saturated heterocycles. The topological polar surface area (TPSA) is 20.2 Å². The van der Waals surface area contributed by atoms with Crippen molar-refractivity contribution in [2.45, 2.75) is 44.4 Å². The molecule has 0 aliphatic rings. The van der Waals surface area contributed by atoms with Gasteiger partial charge < -0.3 is 5.11 Å². The summed E-state index contributed by atoms with van der Waals surface area (Å²) in [6.07, 6.45) is 1.24. The number of rotatable bonds is 7. The van der Waals surface area contributed by atoms with Gasteiger partial charge in [0.25, 0.3) is 0 Å². The Morgan fingerprint density at radius 2 is 1.74 bits per heavy atom. The van der Waals surface area contributed by atoms with E-state index < -0.39 is 17.8 Å². The van der Waals surface area contributed by atoms with E-state index in [0.717, 1.165) is 37.8 Å². The minimum absolute atomic E-state index is 0.539. The summed E-state index contributed by atoms with van der Waals surface area (Å²) in [6.45, 7) is 3.63. The largest absolute Gasteiger partial charge is 0.416 e. The van der Waals surface area contributed by atoms with Gasteiger partial charge in [0.05, 0.1) is 11.7 Å². The van der Waals surface area contributed by atoms with Crippen LogP contribution < -0.4 is 0 Å². The average molecular weight is 272 g/mol. The summed E-state index contributed by atoms with van der Waals surface area (Å²) in [5, 5.41) is 9.87. The van der Waals surface area contributed by atoms with Gasteiger partial charge in [-0.15, -0.1) is 6.58 Å². The third-order valence-electron chi connectivity index (χ3n) is 3.01. The minimum Gasteiger partial charge on any atom is -0.388 e. The van der Waals surface area contributed by atoms with Crippen molar-refractivity contribution in [2.24, 2.45) is 0 Å². The lowest BCUT2D eigenvalue weighted by atomic mass is 10.0. The van der Waals surface area contributed by atoms with Crippen molar-refractivity contribution >= 4 is 0 Å². The molecule has 0 heterocycles. The van der Waals surface area contributed by atoms with Crippen LogP contribution in [0.2, 0.25) is 0 Å². The molecule has 1 rings (SSSR count). The fourth-order valence-electron chi connectivity index (χ4n) is 1.86. The average Bonchev–Trinajstić information content (AvgIpc) is 2.37. The van der Waals surface area contributed by atoms with Crippen molar-refractivity contribution in [1.82, 2.24) is 0 Å². The van der Waals surface area contributed by atoms with Gasteiger partial charge in [-0.25, -0.2) is 0 Å². The number of allylic oxidation sites excluding steroid dienone is 1. The lowest BCUT2D eigenvalue weighted by Gasteiger charge is -2.12. The SMILES string of the molecule is C=CCCCCCC(O)c1ccc(C(F)(F)F)cc1. The van der Waals surface area contributed by atoms with E-state index in [1.807, 2.05) is 6.08 Å². The van der Waals surface area contributed by atoms with Crippen molar-refractivity contribution in [3.8, 4) is 0 Å². The molecule has 0 aromatic heterocycles. The number of alkyl halides is 3. The first kappa shape index (κ1) is 15.8. The van der Waals surface area contributed by atoms with Crippen LogP contribution in [-0.4, -0.2) is 5.11 Å². The number of hydrogen-bond donors (Lipinski definition) is 1. The van der Waals surface area contributed by atoms with Crippen LogP contribution in [0, 0.1) is 0 Å². The van der Waals surface area contributed by atoms with E-state index in [9.17, 15) is 18.3 Å². The zero-order valence-electron chi connectivity index (χ0n) is 10.8. The van der Waals surface area contributed by atoms with Crippen LogP contribution in [-0.2, 0) is 6.18 Å². The van der Waals surface area contributed by atoms with E-state index in [1.165, 1.54) is 12.1 Å². The lowest BCUT2D eigenvalue weighted by molar-refractivity contribution is -0.137. The first-order valence-electron chi connectivity index (χ1n) is 6.41. The summed E-state index contributed by atoms with van der Waals surface area (Å²) in [6, 6.07) is 4.71. The second kappa shape index (κ2) is 7.34. The van der Waals surface area contributed by atoms with Gasteiger partial charge in [-0.05, 0) is 37.0 Å². The highest BCUT2D eigenvalue weighted by Gasteiger charge is 2.30. The molecule has 1 N–H and O–H groups in total. The highest BCUT2D eigenvalue weighted by atomic mass is 19.4. The molecular formula is C15H19F3O. The van der Waals surface area contributed by atoms with E-state index in [-0.39, 0.29) is 0 Å². The Balaban J connectivity index is 2.44. The van der Waals surface area contributed by atoms with Crippen LogP contribution in [0.15, 0.2) is 36.9 Å². The van der Waals surface area contributed by atoms with Crippen molar-refractivity contribution in [2.75, 3.05) is 0 Å². The summed E-state index contributed by atoms with van der Waals surface area (Å²) < 4.78 is 37.1. The van der Waals surface area contributed by atoms with Gasteiger partial charge in [0.2, 0.25) is 0 Å². The molecule has 1 nitrogen and oxygen atoms in total. The molecule has 106 valence electrons. The smallest absolute Gasteiger partial charge is 0.388 e. The third-order valence-corrected chi connectivity index (χ3v) is 3.01. The first-order valence-corrected chi connectivity index (χ1v) is 6.41. The van der Waals surface area contributed by atoms with Crippen LogP contribution >= 0.6 is 0 Å². The third kappa shape index (κ3) is 5.47. The van der Waals surface area contributed by atoms with E-state index in [1.54, 1.807) is 0 Å². The summed E-state index contributed by atoms with van der Waals surface area (Å²) in [7, 11) is 0. The molecule has 1 aromatic rings. The van der Waals surface area contributed by atoms with Crippen molar-refractivity contribution < 1.29 is 18.3 Å². The van der Waals surface area contributed by atoms with E-state index in [4.69, 9.17) is 0 Å². The lowest BCUT2D eigenvalue weighted by Crippen LogP contribution is -2.05. The zero-order chi connectivity index (χ0) is 14.3. The van der Waals surface area contributed by atoms with Crippen LogP contribution in [0.1, 0.15) is 49.3 Å². The molecule has 4 heteroatoms. The van der Waals surface area contributed by atoms with Gasteiger partial charge in [-0.3, -0.25) is 0 Å². The fourth-order valence-corrected chi connectivity index (χ4v) is 1.86. The number of aliphatic hydroxyl groups excluding tert-OH is 1. The summed E-state index contributed by atoms with van der Waals surface area (Å²) >= 11 is 0. The van der Waals surface area contributed by atoms with Crippen molar-refractivity contribution in [3.05, 3.63) is 48.0 Å². The molecule has 19 heavy (non-hydrogen) atoms. The summed E-state index contributed by atoms with van der Waals surface area (Å²) in [5.74, 6) is 0. The molecule has 1 atom stereocenters. The first-order chi connectivity index (χ1) is 8.95. The Labute approximate surface area is 111 Å². The van der Waals surface area contributed by atoms with Crippen LogP contribution in [0.25, 0.3) is 0 Å². The number of hydrogen-bond acceptors (Lipinski definition) is 1. The molecule has 0 amide bonds. The molecule has 0 aliphatic heterocycles. The van der Waals surface area contributed by atoms with Gasteiger partial charge in [0.15, 0.2) is 0 Å². The monoisotopic (exact) mass is 272 g/mol. The Morgan fingerprint density at radius 3 is 2.26 bits per heavy atom. The van der Waals surface area contributed by atoms with E-state index in [2.05, 4.69) is 6.58 Å². The normalized spacial score (nSPS) is 13.3. The molecule has 0 aliphatic carbocycles. The van der Waals surface area contributed by atoms with Crippen LogP contribution in [0.5, 0.6) is 0 Å². The van der Waals surface area contributed by atoms with Crippen molar-refractivity contribution in [1.29, 1.82) is 0 Å². The quantitative estimate of drug-likeness (QED) is 0.554. The summed E-state index contributed by atoms with van der Waals surface area (Å²) in [4.78, 5) is 0. The Bertz CT molecular complexity index is 381. The second-order valence-corrected chi connectivity index (χ2v) is 4.56. The molecule has 0 saturated carbocycles. The maximum atomic E-state index is 12.4. The molecule has 0 spiro atoms. The van der Waals surface area contributed by atoms with Gasteiger partial charge in [-0.1, -0.05) is 31.1 Å². The number of halogens is 3. The maximum absolute atomic E-state index is 12.4. The molecular weight excluding hydrogens is 253 g/mol. The predicted molar refractivity (Wildman–Crippen MR) is 69.7 cm³/mol. The van der Waals surface area contributed by atoms with Crippen LogP contribution in [0.4, 0.5) is 13.2 Å². The maximum Gasteiger partial charge on any atom is 0.416 e. The fraction of sp³-hybridized carbons (Fsp3) is 0.467. The number of unbranched alkanes of at least 4 members (excludes halogenated alkanes) is 3. The standard InChI is InChI=1S/C15H19F3O/c1-2-3-4-5-6-7-14(19)12-8-10-13(11-9-12)15(16,17)18/h2,8-11,14,19H,1,3-7H2. The van der Waals surface area contributed by atoms with Gasteiger partial charge in [-0.2, -0.15) is 13.2 Å². The predicted octanol–water partition coefficient (Wildman–Crippen LogP) is 4.88. The van der Waals surface area contributed by atoms with E-state index in [0.29, 0.717) is 12.0 Å². The molecule has 0 radical (unpaired) electrons. The van der Waals surface area contributed by atoms with Gasteiger partial charge in [0.1, 0.15) is 0 Å². The molecule has 0 fully saturated rings. The Morgan fingerprint density at radius 1 is 1.11 bits per heavy atom. The van der Waals surface area contributed by atoms with E-state index >= 15 is 0 Å². The Hall–Kier alpha value is -1.29. The van der Waals surface area contributed by atoms with Gasteiger partial charge in [0, 0.05) is 0 Å². The van der Waals surface area contributed by atoms with Crippen LogP contribution in [0.3, 0.4) is 0 Å². The summed E-state index contributed by atoms with van der Waals surface area (Å²) in [5.41, 5.74) is -0.147. The van der Waals surface area contributed by atoms with Crippen molar-refractivity contribution in [3.63, 3.8) is 0 Å². The highest BCUT2D eigenvalue weighted by molar-refractivity contribution is 5.25. The Kier molecular flexibility index (Phi) is 6.09. The molecule has 0 bridgehead atoms. The minimum atomic E-state index is -4.33. The number of aliphatic hydroxyl groups is 1. The highest BCUT2D eigenvalue weighted by Crippen LogP contribution is 2.30. The molecule has 1 aromatic carbocycles.